The lowest BCUT2D eigenvalue weighted by Crippen LogP contribution is -2.68. The third kappa shape index (κ3) is 3.71. The van der Waals surface area contributed by atoms with Crippen molar-refractivity contribution in [3.63, 3.8) is 0 Å². The first-order valence-corrected chi connectivity index (χ1v) is 13.9. The summed E-state index contributed by atoms with van der Waals surface area (Å²) in [5, 5.41) is 36.0. The molecule has 0 spiro atoms. The summed E-state index contributed by atoms with van der Waals surface area (Å²) < 4.78 is 0. The van der Waals surface area contributed by atoms with Crippen molar-refractivity contribution >= 4 is 5.97 Å². The highest BCUT2D eigenvalue weighted by molar-refractivity contribution is 5.76. The van der Waals surface area contributed by atoms with Crippen molar-refractivity contribution in [3.8, 4) is 0 Å². The zero-order valence-electron chi connectivity index (χ0n) is 21.6. The molecule has 5 nitrogen and oxygen atoms in total. The Morgan fingerprint density at radius 1 is 1.06 bits per heavy atom. The van der Waals surface area contributed by atoms with Crippen LogP contribution < -0.4 is 5.32 Å². The van der Waals surface area contributed by atoms with E-state index in [1.165, 1.54) is 0 Å². The molecular weight excluding hydrogens is 414 g/mol. The smallest absolute Gasteiger partial charge is 0.310 e. The predicted molar refractivity (Wildman–Crippen MR) is 131 cm³/mol. The molecule has 0 heterocycles. The highest BCUT2D eigenvalue weighted by atomic mass is 16.4. The van der Waals surface area contributed by atoms with Crippen molar-refractivity contribution in [2.75, 3.05) is 6.54 Å². The van der Waals surface area contributed by atoms with Gasteiger partial charge in [0.05, 0.1) is 17.6 Å². The molecule has 4 N–H and O–H groups in total. The first-order chi connectivity index (χ1) is 15.5. The molecule has 4 fully saturated rings. The van der Waals surface area contributed by atoms with Crippen LogP contribution in [0.4, 0.5) is 0 Å². The Kier molecular flexibility index (Phi) is 7.01. The molecule has 5 heteroatoms. The summed E-state index contributed by atoms with van der Waals surface area (Å²) in [7, 11) is 0. The molecule has 5 unspecified atom stereocenters. The van der Waals surface area contributed by atoms with Gasteiger partial charge in [-0.05, 0) is 105 Å². The lowest BCUT2D eigenvalue weighted by molar-refractivity contribution is -0.189. The first-order valence-electron chi connectivity index (χ1n) is 13.9. The van der Waals surface area contributed by atoms with E-state index in [1.54, 1.807) is 0 Å². The standard InChI is InChI=1S/C28H49NO4/c1-6-12-28(25(32)33)14-10-20-19-8-7-18-16-22(30)23(31)24(29-15-11-17(2)3)27(18,5)21(19)9-13-26(20,28)4/h17-24,29-31H,6-16H2,1-5H3,(H,32,33)/t18?,19-,20-,21+,22?,23?,24?,26-,27-,28?/m0/s1. The number of aliphatic hydroxyl groups is 2. The Labute approximate surface area is 201 Å². The first kappa shape index (κ1) is 25.4. The molecule has 0 radical (unpaired) electrons. The fraction of sp³-hybridized carbons (Fsp3) is 0.964. The van der Waals surface area contributed by atoms with E-state index in [0.717, 1.165) is 64.3 Å². The monoisotopic (exact) mass is 463 g/mol. The molecule has 0 aromatic heterocycles. The van der Waals surface area contributed by atoms with Crippen molar-refractivity contribution in [1.29, 1.82) is 0 Å². The Bertz CT molecular complexity index is 727. The molecular formula is C28H49NO4. The van der Waals surface area contributed by atoms with Crippen LogP contribution in [0.1, 0.15) is 98.8 Å². The molecule has 0 saturated heterocycles. The number of aliphatic hydroxyl groups excluding tert-OH is 2. The fourth-order valence-electron chi connectivity index (χ4n) is 9.65. The average Bonchev–Trinajstić information content (AvgIpc) is 3.05. The van der Waals surface area contributed by atoms with Gasteiger partial charge >= 0.3 is 5.97 Å². The van der Waals surface area contributed by atoms with Crippen LogP contribution in [0.5, 0.6) is 0 Å². The molecule has 4 rings (SSSR count). The Morgan fingerprint density at radius 2 is 1.76 bits per heavy atom. The molecule has 0 amide bonds. The summed E-state index contributed by atoms with van der Waals surface area (Å²) in [6, 6.07) is -0.0940. The normalized spacial score (nSPS) is 49.4. The van der Waals surface area contributed by atoms with E-state index in [2.05, 4.69) is 39.9 Å². The number of carbonyl (C=O) groups is 1. The summed E-state index contributed by atoms with van der Waals surface area (Å²) >= 11 is 0. The zero-order chi connectivity index (χ0) is 24.2. The molecule has 0 aromatic carbocycles. The summed E-state index contributed by atoms with van der Waals surface area (Å²) in [4.78, 5) is 12.7. The Morgan fingerprint density at radius 3 is 2.39 bits per heavy atom. The van der Waals surface area contributed by atoms with Crippen molar-refractivity contribution in [1.82, 2.24) is 5.32 Å². The van der Waals surface area contributed by atoms with E-state index in [0.29, 0.717) is 36.0 Å². The highest BCUT2D eigenvalue weighted by Crippen LogP contribution is 2.71. The van der Waals surface area contributed by atoms with Gasteiger partial charge in [-0.1, -0.05) is 41.0 Å². The Balaban J connectivity index is 1.65. The lowest BCUT2D eigenvalue weighted by atomic mass is 9.42. The van der Waals surface area contributed by atoms with Gasteiger partial charge in [0.25, 0.3) is 0 Å². The molecule has 4 aliphatic rings. The summed E-state index contributed by atoms with van der Waals surface area (Å²) in [6.45, 7) is 12.1. The summed E-state index contributed by atoms with van der Waals surface area (Å²) in [6.07, 6.45) is 8.20. The maximum atomic E-state index is 12.7. The summed E-state index contributed by atoms with van der Waals surface area (Å²) in [5.74, 6) is 1.91. The van der Waals surface area contributed by atoms with Crippen molar-refractivity contribution in [2.24, 2.45) is 45.8 Å². The number of fused-ring (bicyclic) bond motifs is 5. The fourth-order valence-corrected chi connectivity index (χ4v) is 9.65. The number of carboxylic acids is 1. The minimum absolute atomic E-state index is 0.0564. The van der Waals surface area contributed by atoms with Gasteiger partial charge in [0.15, 0.2) is 0 Å². The van der Waals surface area contributed by atoms with Crippen LogP contribution in [0, 0.1) is 45.8 Å². The van der Waals surface area contributed by atoms with Crippen LogP contribution in [0.3, 0.4) is 0 Å². The van der Waals surface area contributed by atoms with E-state index in [9.17, 15) is 20.1 Å². The van der Waals surface area contributed by atoms with Gasteiger partial charge in [0, 0.05) is 6.04 Å². The topological polar surface area (TPSA) is 89.8 Å². The van der Waals surface area contributed by atoms with E-state index in [4.69, 9.17) is 0 Å². The molecule has 33 heavy (non-hydrogen) atoms. The lowest BCUT2D eigenvalue weighted by Gasteiger charge is -2.64. The maximum Gasteiger partial charge on any atom is 0.310 e. The predicted octanol–water partition coefficient (Wildman–Crippen LogP) is 4.85. The molecule has 0 aliphatic heterocycles. The van der Waals surface area contributed by atoms with E-state index in [-0.39, 0.29) is 16.9 Å². The number of aliphatic carboxylic acids is 1. The SMILES string of the molecule is CCCC1(C(=O)O)CC[C@H]2[C@@H]3CCC4CC(O)C(O)C(NCCC(C)C)[C@]4(C)[C@@H]3CC[C@@]21C. The maximum absolute atomic E-state index is 12.7. The van der Waals surface area contributed by atoms with Crippen LogP contribution in [-0.4, -0.2) is 46.1 Å². The van der Waals surface area contributed by atoms with E-state index < -0.39 is 23.6 Å². The third-order valence-corrected chi connectivity index (χ3v) is 11.4. The average molecular weight is 464 g/mol. The molecule has 190 valence electrons. The minimum atomic E-state index is -0.729. The second-order valence-corrected chi connectivity index (χ2v) is 13.1. The van der Waals surface area contributed by atoms with Gasteiger partial charge in [-0.15, -0.1) is 0 Å². The highest BCUT2D eigenvalue weighted by Gasteiger charge is 2.68. The Hall–Kier alpha value is -0.650. The molecule has 4 aliphatic carbocycles. The van der Waals surface area contributed by atoms with E-state index >= 15 is 0 Å². The minimum Gasteiger partial charge on any atom is -0.481 e. The van der Waals surface area contributed by atoms with Crippen LogP contribution in [0.25, 0.3) is 0 Å². The molecule has 0 bridgehead atoms. The quantitative estimate of drug-likeness (QED) is 0.433. The molecule has 10 atom stereocenters. The van der Waals surface area contributed by atoms with Gasteiger partial charge in [-0.25, -0.2) is 0 Å². The second kappa shape index (κ2) is 9.09. The van der Waals surface area contributed by atoms with Crippen LogP contribution in [0.2, 0.25) is 0 Å². The van der Waals surface area contributed by atoms with Crippen molar-refractivity contribution < 1.29 is 20.1 Å². The molecule has 0 aromatic rings. The van der Waals surface area contributed by atoms with Gasteiger partial charge in [-0.3, -0.25) is 4.79 Å². The van der Waals surface area contributed by atoms with Gasteiger partial charge in [-0.2, -0.15) is 0 Å². The number of hydrogen-bond acceptors (Lipinski definition) is 4. The second-order valence-electron chi connectivity index (χ2n) is 13.1. The van der Waals surface area contributed by atoms with Crippen LogP contribution >= 0.6 is 0 Å². The van der Waals surface area contributed by atoms with Gasteiger partial charge < -0.3 is 20.6 Å². The number of rotatable bonds is 7. The number of carboxylic acid groups (broad SMARTS) is 1. The van der Waals surface area contributed by atoms with Crippen molar-refractivity contribution in [2.45, 2.75) is 117 Å². The largest absolute Gasteiger partial charge is 0.481 e. The third-order valence-electron chi connectivity index (χ3n) is 11.4. The zero-order valence-corrected chi connectivity index (χ0v) is 21.6. The summed E-state index contributed by atoms with van der Waals surface area (Å²) in [5.41, 5.74) is -0.766. The number of hydrogen-bond donors (Lipinski definition) is 4. The van der Waals surface area contributed by atoms with E-state index in [1.807, 2.05) is 0 Å². The van der Waals surface area contributed by atoms with Crippen molar-refractivity contribution in [3.05, 3.63) is 0 Å². The number of nitrogens with one attached hydrogen (secondary N) is 1. The molecule has 4 saturated carbocycles. The van der Waals surface area contributed by atoms with Crippen LogP contribution in [0.15, 0.2) is 0 Å². The van der Waals surface area contributed by atoms with Gasteiger partial charge in [0.1, 0.15) is 0 Å². The van der Waals surface area contributed by atoms with Crippen LogP contribution in [-0.2, 0) is 4.79 Å². The van der Waals surface area contributed by atoms with Gasteiger partial charge in [0.2, 0.25) is 0 Å².